The number of ether oxygens (including phenoxy) is 3. The van der Waals surface area contributed by atoms with Gasteiger partial charge in [-0.25, -0.2) is 0 Å². The highest BCUT2D eigenvalue weighted by Gasteiger charge is 2.32. The summed E-state index contributed by atoms with van der Waals surface area (Å²) in [5.41, 5.74) is 1.79. The summed E-state index contributed by atoms with van der Waals surface area (Å²) in [6.45, 7) is 2.86. The van der Waals surface area contributed by atoms with Crippen LogP contribution in [-0.2, 0) is 11.3 Å². The van der Waals surface area contributed by atoms with Crippen molar-refractivity contribution in [1.82, 2.24) is 4.90 Å². The van der Waals surface area contributed by atoms with Gasteiger partial charge in [-0.1, -0.05) is 52.0 Å². The monoisotopic (exact) mass is 493 g/mol. The molecule has 2 aromatic carbocycles. The highest BCUT2D eigenvalue weighted by atomic mass is 79.9. The normalized spacial score (nSPS) is 15.2. The molecule has 0 radical (unpaired) electrons. The van der Waals surface area contributed by atoms with Crippen molar-refractivity contribution in [2.24, 2.45) is 0 Å². The Hall–Kier alpha value is -2.03. The van der Waals surface area contributed by atoms with Gasteiger partial charge in [0.15, 0.2) is 11.5 Å². The number of nitrogens with zero attached hydrogens (tertiary/aromatic N) is 1. The van der Waals surface area contributed by atoms with Crippen LogP contribution in [0.15, 0.2) is 45.8 Å². The number of carbonyl (C=O) groups is 1. The summed E-state index contributed by atoms with van der Waals surface area (Å²) in [5, 5.41) is 0. The van der Waals surface area contributed by atoms with Crippen molar-refractivity contribution < 1.29 is 19.0 Å². The highest BCUT2D eigenvalue weighted by Crippen LogP contribution is 2.38. The molecule has 0 atom stereocenters. The molecule has 5 nitrogen and oxygen atoms in total. The minimum absolute atomic E-state index is 0.115. The molecule has 3 rings (SSSR count). The molecule has 1 amide bonds. The van der Waals surface area contributed by atoms with E-state index in [0.29, 0.717) is 33.9 Å². The van der Waals surface area contributed by atoms with Crippen molar-refractivity contribution in [2.75, 3.05) is 20.8 Å². The van der Waals surface area contributed by atoms with Crippen LogP contribution in [-0.4, -0.2) is 36.0 Å². The summed E-state index contributed by atoms with van der Waals surface area (Å²) in [6, 6.07) is 11.3. The molecule has 0 aromatic heterocycles. The lowest BCUT2D eigenvalue weighted by molar-refractivity contribution is -0.122. The zero-order valence-electron chi connectivity index (χ0n) is 16.2. The maximum Gasteiger partial charge on any atom is 0.266 e. The third-order valence-corrected chi connectivity index (χ3v) is 6.31. The summed E-state index contributed by atoms with van der Waals surface area (Å²) in [4.78, 5) is 15.1. The van der Waals surface area contributed by atoms with Crippen LogP contribution in [0.2, 0.25) is 0 Å². The molecule has 0 unspecified atom stereocenters. The van der Waals surface area contributed by atoms with Gasteiger partial charge < -0.3 is 14.2 Å². The van der Waals surface area contributed by atoms with Crippen LogP contribution in [0.5, 0.6) is 17.2 Å². The molecule has 0 saturated carbocycles. The van der Waals surface area contributed by atoms with Crippen molar-refractivity contribution in [3.05, 3.63) is 56.9 Å². The first-order chi connectivity index (χ1) is 14.0. The van der Waals surface area contributed by atoms with E-state index in [4.69, 9.17) is 26.4 Å². The van der Waals surface area contributed by atoms with E-state index in [2.05, 4.69) is 15.9 Å². The van der Waals surface area contributed by atoms with Gasteiger partial charge in [-0.05, 0) is 48.4 Å². The number of methoxy groups -OCH3 is 2. The quantitative estimate of drug-likeness (QED) is 0.386. The molecule has 0 aliphatic carbocycles. The summed E-state index contributed by atoms with van der Waals surface area (Å²) in [6.07, 6.45) is 1.82. The second kappa shape index (κ2) is 9.65. The number of carbonyl (C=O) groups excluding carboxylic acids is 1. The van der Waals surface area contributed by atoms with Crippen LogP contribution in [0.3, 0.4) is 0 Å². The zero-order valence-corrected chi connectivity index (χ0v) is 19.4. The first-order valence-corrected chi connectivity index (χ1v) is 10.9. The van der Waals surface area contributed by atoms with Crippen molar-refractivity contribution in [3.8, 4) is 17.2 Å². The maximum atomic E-state index is 12.9. The van der Waals surface area contributed by atoms with Crippen LogP contribution < -0.4 is 14.2 Å². The van der Waals surface area contributed by atoms with E-state index in [1.54, 1.807) is 19.1 Å². The minimum Gasteiger partial charge on any atom is -0.497 e. The van der Waals surface area contributed by atoms with Crippen LogP contribution in [0.4, 0.5) is 0 Å². The van der Waals surface area contributed by atoms with E-state index in [1.165, 1.54) is 11.8 Å². The molecule has 0 spiro atoms. The number of rotatable bonds is 7. The molecule has 2 aromatic rings. The van der Waals surface area contributed by atoms with Crippen LogP contribution in [0.25, 0.3) is 6.08 Å². The SMILES string of the molecule is CCOc1cc(Br)c(C=C2SC(=S)N(Cc3ccc(OC)cc3)C2=O)cc1OC. The Morgan fingerprint density at radius 2 is 1.86 bits per heavy atom. The lowest BCUT2D eigenvalue weighted by atomic mass is 10.1. The molecule has 152 valence electrons. The van der Waals surface area contributed by atoms with Crippen LogP contribution >= 0.6 is 39.9 Å². The minimum atomic E-state index is -0.115. The number of thiocarbonyl (C=S) groups is 1. The number of hydrogen-bond donors (Lipinski definition) is 0. The topological polar surface area (TPSA) is 48.0 Å². The van der Waals surface area contributed by atoms with Gasteiger partial charge in [-0.2, -0.15) is 0 Å². The van der Waals surface area contributed by atoms with Gasteiger partial charge >= 0.3 is 0 Å². The zero-order chi connectivity index (χ0) is 21.0. The molecule has 0 N–H and O–H groups in total. The Balaban J connectivity index is 1.83. The predicted octanol–water partition coefficient (Wildman–Crippen LogP) is 5.27. The summed E-state index contributed by atoms with van der Waals surface area (Å²) in [7, 11) is 3.21. The molecular weight excluding hydrogens is 474 g/mol. The Bertz CT molecular complexity index is 960. The van der Waals surface area contributed by atoms with E-state index in [9.17, 15) is 4.79 Å². The lowest BCUT2D eigenvalue weighted by Crippen LogP contribution is -2.27. The fourth-order valence-electron chi connectivity index (χ4n) is 2.78. The van der Waals surface area contributed by atoms with E-state index in [0.717, 1.165) is 21.3 Å². The third kappa shape index (κ3) is 4.94. The lowest BCUT2D eigenvalue weighted by Gasteiger charge is -2.14. The fraction of sp³-hybridized carbons (Fsp3) is 0.238. The van der Waals surface area contributed by atoms with Gasteiger partial charge in [0.25, 0.3) is 5.91 Å². The molecule has 1 heterocycles. The second-order valence-corrected chi connectivity index (χ2v) is 8.60. The average molecular weight is 494 g/mol. The predicted molar refractivity (Wildman–Crippen MR) is 124 cm³/mol. The summed E-state index contributed by atoms with van der Waals surface area (Å²) in [5.74, 6) is 1.91. The van der Waals surface area contributed by atoms with E-state index >= 15 is 0 Å². The first-order valence-electron chi connectivity index (χ1n) is 8.85. The first kappa shape index (κ1) is 21.7. The van der Waals surface area contributed by atoms with E-state index < -0.39 is 0 Å². The van der Waals surface area contributed by atoms with Crippen molar-refractivity contribution in [2.45, 2.75) is 13.5 Å². The fourth-order valence-corrected chi connectivity index (χ4v) is 4.46. The number of halogens is 1. The molecule has 1 aliphatic heterocycles. The highest BCUT2D eigenvalue weighted by molar-refractivity contribution is 9.10. The largest absolute Gasteiger partial charge is 0.497 e. The molecule has 29 heavy (non-hydrogen) atoms. The maximum absolute atomic E-state index is 12.9. The van der Waals surface area contributed by atoms with Gasteiger partial charge in [-0.3, -0.25) is 9.69 Å². The summed E-state index contributed by atoms with van der Waals surface area (Å²) >= 11 is 10.3. The molecular formula is C21H20BrNO4S2. The van der Waals surface area contributed by atoms with Gasteiger partial charge in [0.05, 0.1) is 32.3 Å². The number of hydrogen-bond acceptors (Lipinski definition) is 6. The number of benzene rings is 2. The van der Waals surface area contributed by atoms with E-state index in [-0.39, 0.29) is 5.91 Å². The molecule has 1 fully saturated rings. The van der Waals surface area contributed by atoms with Crippen LogP contribution in [0, 0.1) is 0 Å². The van der Waals surface area contributed by atoms with Gasteiger partial charge in [0.2, 0.25) is 0 Å². The van der Waals surface area contributed by atoms with E-state index in [1.807, 2.05) is 49.4 Å². The van der Waals surface area contributed by atoms with Gasteiger partial charge in [0, 0.05) is 4.47 Å². The standard InChI is InChI=1S/C21H20BrNO4S2/c1-4-27-18-11-16(22)14(9-17(18)26-3)10-19-20(24)23(21(28)29-19)12-13-5-7-15(25-2)8-6-13/h5-11H,4,12H2,1-3H3. The third-order valence-electron chi connectivity index (χ3n) is 4.24. The summed E-state index contributed by atoms with van der Waals surface area (Å²) < 4.78 is 17.5. The van der Waals surface area contributed by atoms with Gasteiger partial charge in [0.1, 0.15) is 10.1 Å². The Morgan fingerprint density at radius 1 is 1.14 bits per heavy atom. The molecule has 0 bridgehead atoms. The van der Waals surface area contributed by atoms with Crippen molar-refractivity contribution in [1.29, 1.82) is 0 Å². The Kier molecular flexibility index (Phi) is 7.21. The smallest absolute Gasteiger partial charge is 0.266 e. The van der Waals surface area contributed by atoms with Gasteiger partial charge in [-0.15, -0.1) is 0 Å². The van der Waals surface area contributed by atoms with Crippen molar-refractivity contribution >= 4 is 56.2 Å². The number of thioether (sulfide) groups is 1. The second-order valence-electron chi connectivity index (χ2n) is 6.07. The molecule has 8 heteroatoms. The molecule has 1 saturated heterocycles. The Morgan fingerprint density at radius 3 is 2.48 bits per heavy atom. The number of amides is 1. The molecule has 1 aliphatic rings. The van der Waals surface area contributed by atoms with Crippen molar-refractivity contribution in [3.63, 3.8) is 0 Å². The van der Waals surface area contributed by atoms with Crippen LogP contribution in [0.1, 0.15) is 18.1 Å². The average Bonchev–Trinajstić information content (AvgIpc) is 2.98. The Labute approximate surface area is 188 Å².